The second-order valence-corrected chi connectivity index (χ2v) is 10.1. The van der Waals surface area contributed by atoms with Gasteiger partial charge in [-0.2, -0.15) is 11.8 Å². The minimum atomic E-state index is -1.61. The summed E-state index contributed by atoms with van der Waals surface area (Å²) in [4.78, 5) is 62.4. The lowest BCUT2D eigenvalue weighted by molar-refractivity contribution is -0.143. The van der Waals surface area contributed by atoms with Crippen LogP contribution < -0.4 is 27.4 Å². The van der Waals surface area contributed by atoms with Crippen LogP contribution in [0.4, 0.5) is 0 Å². The molecule has 12 nitrogen and oxygen atoms in total. The van der Waals surface area contributed by atoms with Gasteiger partial charge in [-0.15, -0.1) is 0 Å². The van der Waals surface area contributed by atoms with Crippen LogP contribution in [0.15, 0.2) is 54.6 Å². The first-order valence-corrected chi connectivity index (χ1v) is 13.9. The summed E-state index contributed by atoms with van der Waals surface area (Å²) in [5, 5.41) is 26.5. The van der Waals surface area contributed by atoms with Crippen molar-refractivity contribution in [2.45, 2.75) is 49.9 Å². The number of benzene rings is 2. The Hall–Kier alpha value is -4.10. The summed E-state index contributed by atoms with van der Waals surface area (Å²) in [6.07, 6.45) is 1.64. The minimum Gasteiger partial charge on any atom is -0.508 e. The van der Waals surface area contributed by atoms with Gasteiger partial charge in [-0.1, -0.05) is 42.5 Å². The molecule has 0 heterocycles. The van der Waals surface area contributed by atoms with Crippen LogP contribution in [0.2, 0.25) is 0 Å². The number of phenols is 1. The summed E-state index contributed by atoms with van der Waals surface area (Å²) in [5.74, 6) is -3.88. The maximum atomic E-state index is 13.5. The molecule has 216 valence electrons. The zero-order valence-electron chi connectivity index (χ0n) is 22.0. The predicted octanol–water partition coefficient (Wildman–Crippen LogP) is -0.328. The third kappa shape index (κ3) is 10.9. The number of nitrogens with two attached hydrogens (primary N) is 2. The number of aliphatic carboxylic acids is 1. The zero-order chi connectivity index (χ0) is 29.7. The van der Waals surface area contributed by atoms with Crippen molar-refractivity contribution in [1.82, 2.24) is 16.0 Å². The Morgan fingerprint density at radius 1 is 0.800 bits per heavy atom. The minimum absolute atomic E-state index is 0.00960. The number of rotatable bonds is 16. The van der Waals surface area contributed by atoms with Gasteiger partial charge in [-0.25, -0.2) is 4.79 Å². The van der Waals surface area contributed by atoms with Crippen LogP contribution in [0.5, 0.6) is 5.75 Å². The standard InChI is InChI=1S/C27H35N5O7S/c1-40-12-11-19(28)24(35)30-20(13-16-5-3-2-4-6-16)25(36)31-21(14-17-7-9-18(33)10-8-17)26(37)32-22(27(38)39)15-23(29)34/h2-10,19-22,33H,11-15,28H2,1H3,(H2,29,34)(H,30,35)(H,31,36)(H,32,37)(H,38,39). The SMILES string of the molecule is CSCCC(N)C(=O)NC(Cc1ccccc1)C(=O)NC(Cc1ccc(O)cc1)C(=O)NC(CC(N)=O)C(=O)O. The molecule has 2 rings (SSSR count). The molecule has 0 saturated heterocycles. The van der Waals surface area contributed by atoms with E-state index in [0.29, 0.717) is 17.7 Å². The highest BCUT2D eigenvalue weighted by Gasteiger charge is 2.31. The van der Waals surface area contributed by atoms with Crippen LogP contribution in [0.25, 0.3) is 0 Å². The van der Waals surface area contributed by atoms with Gasteiger partial charge in [0.25, 0.3) is 0 Å². The number of aromatic hydroxyl groups is 1. The molecule has 0 spiro atoms. The fourth-order valence-corrected chi connectivity index (χ4v) is 4.23. The molecule has 40 heavy (non-hydrogen) atoms. The highest BCUT2D eigenvalue weighted by atomic mass is 32.2. The fraction of sp³-hybridized carbons (Fsp3) is 0.370. The molecule has 0 saturated carbocycles. The summed E-state index contributed by atoms with van der Waals surface area (Å²) < 4.78 is 0. The lowest BCUT2D eigenvalue weighted by Crippen LogP contribution is -2.58. The highest BCUT2D eigenvalue weighted by Crippen LogP contribution is 2.13. The van der Waals surface area contributed by atoms with E-state index in [2.05, 4.69) is 16.0 Å². The van der Waals surface area contributed by atoms with E-state index in [-0.39, 0.29) is 18.6 Å². The fourth-order valence-electron chi connectivity index (χ4n) is 3.74. The van der Waals surface area contributed by atoms with Gasteiger partial charge in [-0.05, 0) is 41.7 Å². The zero-order valence-corrected chi connectivity index (χ0v) is 22.9. The van der Waals surface area contributed by atoms with Crippen LogP contribution >= 0.6 is 11.8 Å². The van der Waals surface area contributed by atoms with Gasteiger partial charge in [0.1, 0.15) is 23.9 Å². The van der Waals surface area contributed by atoms with E-state index in [4.69, 9.17) is 11.5 Å². The van der Waals surface area contributed by atoms with Crippen LogP contribution in [0, 0.1) is 0 Å². The molecule has 0 fully saturated rings. The summed E-state index contributed by atoms with van der Waals surface area (Å²) in [6, 6.07) is 9.92. The number of carboxylic acid groups (broad SMARTS) is 1. The van der Waals surface area contributed by atoms with Crippen LogP contribution in [-0.2, 0) is 36.8 Å². The molecule has 4 unspecified atom stereocenters. The smallest absolute Gasteiger partial charge is 0.326 e. The molecule has 2 aromatic carbocycles. The molecule has 0 aliphatic rings. The number of carbonyl (C=O) groups excluding carboxylic acids is 4. The first-order valence-electron chi connectivity index (χ1n) is 12.5. The maximum absolute atomic E-state index is 13.5. The van der Waals surface area contributed by atoms with Gasteiger partial charge < -0.3 is 37.6 Å². The van der Waals surface area contributed by atoms with Gasteiger partial charge in [0.05, 0.1) is 12.5 Å². The second-order valence-electron chi connectivity index (χ2n) is 9.14. The molecular formula is C27H35N5O7S. The number of nitrogens with one attached hydrogen (secondary N) is 3. The lowest BCUT2D eigenvalue weighted by Gasteiger charge is -2.25. The summed E-state index contributed by atoms with van der Waals surface area (Å²) in [6.45, 7) is 0. The first kappa shape index (κ1) is 32.1. The van der Waals surface area contributed by atoms with E-state index >= 15 is 0 Å². The Balaban J connectivity index is 2.31. The summed E-state index contributed by atoms with van der Waals surface area (Å²) in [7, 11) is 0. The van der Waals surface area contributed by atoms with Gasteiger partial charge in [-0.3, -0.25) is 19.2 Å². The number of hydrogen-bond acceptors (Lipinski definition) is 8. The van der Waals surface area contributed by atoms with Crippen molar-refractivity contribution in [3.8, 4) is 5.75 Å². The van der Waals surface area contributed by atoms with Gasteiger partial charge in [0.15, 0.2) is 0 Å². The number of carboxylic acids is 1. The van der Waals surface area contributed by atoms with E-state index in [1.807, 2.05) is 6.26 Å². The van der Waals surface area contributed by atoms with Crippen LogP contribution in [-0.4, -0.2) is 76.0 Å². The molecule has 0 aliphatic heterocycles. The number of amides is 4. The molecule has 4 atom stereocenters. The Morgan fingerprint density at radius 2 is 1.30 bits per heavy atom. The third-order valence-electron chi connectivity index (χ3n) is 5.91. The van der Waals surface area contributed by atoms with Gasteiger partial charge in [0, 0.05) is 12.8 Å². The molecule has 9 N–H and O–H groups in total. The van der Waals surface area contributed by atoms with Crippen molar-refractivity contribution in [1.29, 1.82) is 0 Å². The average Bonchev–Trinajstić information content (AvgIpc) is 2.91. The normalized spacial score (nSPS) is 13.8. The second kappa shape index (κ2) is 16.1. The Bertz CT molecular complexity index is 1160. The molecule has 13 heteroatoms. The topological polar surface area (TPSA) is 214 Å². The Morgan fingerprint density at radius 3 is 1.80 bits per heavy atom. The van der Waals surface area contributed by atoms with E-state index in [1.54, 1.807) is 30.3 Å². The largest absolute Gasteiger partial charge is 0.508 e. The average molecular weight is 574 g/mol. The predicted molar refractivity (Wildman–Crippen MR) is 150 cm³/mol. The van der Waals surface area contributed by atoms with Gasteiger partial charge in [0.2, 0.25) is 23.6 Å². The summed E-state index contributed by atoms with van der Waals surface area (Å²) in [5.41, 5.74) is 12.4. The van der Waals surface area contributed by atoms with E-state index in [9.17, 15) is 34.2 Å². The molecular weight excluding hydrogens is 538 g/mol. The number of thioether (sulfide) groups is 1. The number of hydrogen-bond donors (Lipinski definition) is 7. The van der Waals surface area contributed by atoms with Gasteiger partial charge >= 0.3 is 5.97 Å². The molecule has 4 amide bonds. The van der Waals surface area contributed by atoms with Crippen molar-refractivity contribution in [3.63, 3.8) is 0 Å². The molecule has 0 radical (unpaired) electrons. The third-order valence-corrected chi connectivity index (χ3v) is 6.56. The molecule has 2 aromatic rings. The van der Waals surface area contributed by atoms with Crippen molar-refractivity contribution in [2.75, 3.05) is 12.0 Å². The number of phenolic OH excluding ortho intramolecular Hbond substituents is 1. The number of primary amides is 1. The number of carbonyl (C=O) groups is 5. The van der Waals surface area contributed by atoms with Crippen molar-refractivity contribution in [2.24, 2.45) is 11.5 Å². The van der Waals surface area contributed by atoms with E-state index < -0.39 is 60.2 Å². The molecule has 0 aliphatic carbocycles. The van der Waals surface area contributed by atoms with Crippen molar-refractivity contribution >= 4 is 41.4 Å². The lowest BCUT2D eigenvalue weighted by atomic mass is 10.0. The van der Waals surface area contributed by atoms with Crippen LogP contribution in [0.3, 0.4) is 0 Å². The van der Waals surface area contributed by atoms with E-state index in [1.165, 1.54) is 36.0 Å². The van der Waals surface area contributed by atoms with Crippen LogP contribution in [0.1, 0.15) is 24.0 Å². The monoisotopic (exact) mass is 573 g/mol. The molecule has 0 aromatic heterocycles. The first-order chi connectivity index (χ1) is 19.0. The quantitative estimate of drug-likeness (QED) is 0.140. The maximum Gasteiger partial charge on any atom is 0.326 e. The highest BCUT2D eigenvalue weighted by molar-refractivity contribution is 7.98. The Kier molecular flexibility index (Phi) is 12.9. The molecule has 0 bridgehead atoms. The summed E-state index contributed by atoms with van der Waals surface area (Å²) >= 11 is 1.53. The van der Waals surface area contributed by atoms with Crippen molar-refractivity contribution < 1.29 is 34.2 Å². The van der Waals surface area contributed by atoms with Crippen molar-refractivity contribution in [3.05, 3.63) is 65.7 Å². The Labute approximate surface area is 236 Å². The van der Waals surface area contributed by atoms with E-state index in [0.717, 1.165) is 5.56 Å².